The Labute approximate surface area is 119 Å². The summed E-state index contributed by atoms with van der Waals surface area (Å²) in [5, 5.41) is 15.5. The van der Waals surface area contributed by atoms with Gasteiger partial charge in [0.1, 0.15) is 5.75 Å². The summed E-state index contributed by atoms with van der Waals surface area (Å²) in [6.45, 7) is 7.44. The third kappa shape index (κ3) is 3.37. The molecule has 1 unspecified atom stereocenters. The first kappa shape index (κ1) is 14.1. The van der Waals surface area contributed by atoms with E-state index >= 15 is 0 Å². The molecule has 0 aliphatic rings. The summed E-state index contributed by atoms with van der Waals surface area (Å²) in [6, 6.07) is 11.9. The lowest BCUT2D eigenvalue weighted by atomic mass is 9.91. The van der Waals surface area contributed by atoms with Crippen LogP contribution in [0.5, 0.6) is 5.75 Å². The van der Waals surface area contributed by atoms with E-state index in [0.717, 1.165) is 12.1 Å². The largest absolute Gasteiger partial charge is 0.508 e. The van der Waals surface area contributed by atoms with E-state index < -0.39 is 0 Å². The molecule has 0 spiro atoms. The Morgan fingerprint density at radius 1 is 1.21 bits per heavy atom. The minimum absolute atomic E-state index is 0.104. The Kier molecular flexibility index (Phi) is 4.27. The lowest BCUT2D eigenvalue weighted by Crippen LogP contribution is -2.33. The SMILES string of the molecule is CC(NCC(C)(C)c1cccs1)c1ccccc1O. The van der Waals surface area contributed by atoms with Crippen LogP contribution in [0.15, 0.2) is 41.8 Å². The highest BCUT2D eigenvalue weighted by Crippen LogP contribution is 2.28. The number of phenols is 1. The highest BCUT2D eigenvalue weighted by molar-refractivity contribution is 7.10. The molecule has 2 aromatic rings. The summed E-state index contributed by atoms with van der Waals surface area (Å²) in [6.07, 6.45) is 0. The summed E-state index contributed by atoms with van der Waals surface area (Å²) in [5.41, 5.74) is 1.05. The van der Waals surface area contributed by atoms with Crippen LogP contribution in [-0.2, 0) is 5.41 Å². The van der Waals surface area contributed by atoms with E-state index in [-0.39, 0.29) is 11.5 Å². The molecular formula is C16H21NOS. The van der Waals surface area contributed by atoms with Gasteiger partial charge in [0, 0.05) is 28.4 Å². The third-order valence-corrected chi connectivity index (χ3v) is 4.68. The molecule has 3 heteroatoms. The predicted octanol–water partition coefficient (Wildman–Crippen LogP) is 4.08. The van der Waals surface area contributed by atoms with Crippen molar-refractivity contribution in [3.63, 3.8) is 0 Å². The quantitative estimate of drug-likeness (QED) is 0.861. The first-order valence-electron chi connectivity index (χ1n) is 6.56. The smallest absolute Gasteiger partial charge is 0.120 e. The van der Waals surface area contributed by atoms with Crippen LogP contribution in [0.2, 0.25) is 0 Å². The maximum Gasteiger partial charge on any atom is 0.120 e. The molecule has 0 fully saturated rings. The van der Waals surface area contributed by atoms with Crippen molar-refractivity contribution in [1.82, 2.24) is 5.32 Å². The first-order valence-corrected chi connectivity index (χ1v) is 7.44. The molecule has 0 aliphatic heterocycles. The van der Waals surface area contributed by atoms with Crippen molar-refractivity contribution >= 4 is 11.3 Å². The molecule has 1 atom stereocenters. The van der Waals surface area contributed by atoms with Crippen LogP contribution in [0.3, 0.4) is 0 Å². The highest BCUT2D eigenvalue weighted by atomic mass is 32.1. The number of thiophene rings is 1. The van der Waals surface area contributed by atoms with Gasteiger partial charge in [0.2, 0.25) is 0 Å². The molecule has 0 amide bonds. The Bertz CT molecular complexity index is 519. The summed E-state index contributed by atoms with van der Waals surface area (Å²) in [7, 11) is 0. The van der Waals surface area contributed by atoms with Gasteiger partial charge >= 0.3 is 0 Å². The van der Waals surface area contributed by atoms with E-state index in [4.69, 9.17) is 0 Å². The van der Waals surface area contributed by atoms with E-state index in [1.54, 1.807) is 17.4 Å². The second-order valence-corrected chi connectivity index (χ2v) is 6.47. The van der Waals surface area contributed by atoms with Gasteiger partial charge in [-0.3, -0.25) is 0 Å². The zero-order valence-electron chi connectivity index (χ0n) is 11.7. The number of nitrogens with one attached hydrogen (secondary N) is 1. The van der Waals surface area contributed by atoms with E-state index in [2.05, 4.69) is 43.6 Å². The molecular weight excluding hydrogens is 254 g/mol. The minimum Gasteiger partial charge on any atom is -0.508 e. The Morgan fingerprint density at radius 3 is 2.58 bits per heavy atom. The van der Waals surface area contributed by atoms with Crippen LogP contribution >= 0.6 is 11.3 Å². The van der Waals surface area contributed by atoms with Crippen molar-refractivity contribution < 1.29 is 5.11 Å². The molecule has 2 N–H and O–H groups in total. The number of rotatable bonds is 5. The molecule has 1 aromatic carbocycles. The van der Waals surface area contributed by atoms with Crippen molar-refractivity contribution in [2.24, 2.45) is 0 Å². The lowest BCUT2D eigenvalue weighted by molar-refractivity contribution is 0.421. The summed E-state index contributed by atoms with van der Waals surface area (Å²) in [4.78, 5) is 1.38. The minimum atomic E-state index is 0.104. The molecule has 2 nitrogen and oxygen atoms in total. The molecule has 1 heterocycles. The average Bonchev–Trinajstić information content (AvgIpc) is 2.91. The van der Waals surface area contributed by atoms with E-state index in [0.29, 0.717) is 5.75 Å². The molecule has 0 aliphatic carbocycles. The fourth-order valence-electron chi connectivity index (χ4n) is 2.12. The van der Waals surface area contributed by atoms with Crippen LogP contribution in [0.25, 0.3) is 0 Å². The summed E-state index contributed by atoms with van der Waals surface area (Å²) >= 11 is 1.79. The first-order chi connectivity index (χ1) is 9.00. The molecule has 2 rings (SSSR count). The predicted molar refractivity (Wildman–Crippen MR) is 81.9 cm³/mol. The van der Waals surface area contributed by atoms with Gasteiger partial charge in [-0.25, -0.2) is 0 Å². The fraction of sp³-hybridized carbons (Fsp3) is 0.375. The van der Waals surface area contributed by atoms with Gasteiger partial charge in [-0.15, -0.1) is 11.3 Å². The van der Waals surface area contributed by atoms with Gasteiger partial charge in [-0.2, -0.15) is 0 Å². The van der Waals surface area contributed by atoms with Gasteiger partial charge in [0.15, 0.2) is 0 Å². The van der Waals surface area contributed by atoms with E-state index in [1.807, 2.05) is 18.2 Å². The average molecular weight is 275 g/mol. The number of phenolic OH excluding ortho intramolecular Hbond substituents is 1. The second kappa shape index (κ2) is 5.76. The van der Waals surface area contributed by atoms with Crippen molar-refractivity contribution in [1.29, 1.82) is 0 Å². The van der Waals surface area contributed by atoms with E-state index in [1.165, 1.54) is 4.88 Å². The molecule has 102 valence electrons. The van der Waals surface area contributed by atoms with Gasteiger partial charge in [-0.1, -0.05) is 38.1 Å². The maximum atomic E-state index is 9.86. The van der Waals surface area contributed by atoms with Crippen molar-refractivity contribution in [2.75, 3.05) is 6.54 Å². The number of aromatic hydroxyl groups is 1. The van der Waals surface area contributed by atoms with Gasteiger partial charge in [0.25, 0.3) is 0 Å². The molecule has 0 radical (unpaired) electrons. The summed E-state index contributed by atoms with van der Waals surface area (Å²) < 4.78 is 0. The Morgan fingerprint density at radius 2 is 1.95 bits per heavy atom. The fourth-order valence-corrected chi connectivity index (χ4v) is 2.97. The van der Waals surface area contributed by atoms with Gasteiger partial charge < -0.3 is 10.4 Å². The number of hydrogen-bond acceptors (Lipinski definition) is 3. The van der Waals surface area contributed by atoms with Crippen molar-refractivity contribution in [2.45, 2.75) is 32.2 Å². The Hall–Kier alpha value is -1.32. The summed E-state index contributed by atoms with van der Waals surface area (Å²) in [5.74, 6) is 0.358. The third-order valence-electron chi connectivity index (χ3n) is 3.44. The zero-order chi connectivity index (χ0) is 13.9. The Balaban J connectivity index is 2.01. The highest BCUT2D eigenvalue weighted by Gasteiger charge is 2.22. The van der Waals surface area contributed by atoms with Crippen molar-refractivity contribution in [3.05, 3.63) is 52.2 Å². The molecule has 0 saturated carbocycles. The molecule has 1 aromatic heterocycles. The van der Waals surface area contributed by atoms with Crippen LogP contribution in [0.1, 0.15) is 37.3 Å². The normalized spacial score (nSPS) is 13.4. The van der Waals surface area contributed by atoms with Gasteiger partial charge in [-0.05, 0) is 24.4 Å². The standard InChI is InChI=1S/C16H21NOS/c1-12(13-7-4-5-8-14(13)18)17-11-16(2,3)15-9-6-10-19-15/h4-10,12,17-18H,11H2,1-3H3. The number of benzene rings is 1. The molecule has 0 bridgehead atoms. The topological polar surface area (TPSA) is 32.3 Å². The lowest BCUT2D eigenvalue weighted by Gasteiger charge is -2.26. The molecule has 19 heavy (non-hydrogen) atoms. The van der Waals surface area contributed by atoms with Crippen LogP contribution in [0.4, 0.5) is 0 Å². The van der Waals surface area contributed by atoms with E-state index in [9.17, 15) is 5.11 Å². The van der Waals surface area contributed by atoms with Gasteiger partial charge in [0.05, 0.1) is 0 Å². The second-order valence-electron chi connectivity index (χ2n) is 5.52. The monoisotopic (exact) mass is 275 g/mol. The molecule has 0 saturated heterocycles. The van der Waals surface area contributed by atoms with Crippen LogP contribution < -0.4 is 5.32 Å². The van der Waals surface area contributed by atoms with Crippen LogP contribution in [0, 0.1) is 0 Å². The van der Waals surface area contributed by atoms with Crippen molar-refractivity contribution in [3.8, 4) is 5.75 Å². The zero-order valence-corrected chi connectivity index (χ0v) is 12.5. The number of para-hydroxylation sites is 1. The number of hydrogen-bond donors (Lipinski definition) is 2. The maximum absolute atomic E-state index is 9.86. The van der Waals surface area contributed by atoms with Crippen LogP contribution in [-0.4, -0.2) is 11.7 Å².